The summed E-state index contributed by atoms with van der Waals surface area (Å²) < 4.78 is 25.3. The zero-order valence-electron chi connectivity index (χ0n) is 13.4. The summed E-state index contributed by atoms with van der Waals surface area (Å²) in [4.78, 5) is 12.2. The number of hydrogen-bond acceptors (Lipinski definition) is 3. The third-order valence-corrected chi connectivity index (χ3v) is 3.47. The number of ether oxygens (including phenoxy) is 2. The highest BCUT2D eigenvalue weighted by molar-refractivity contribution is 9.10. The Morgan fingerprint density at radius 1 is 1.13 bits per heavy atom. The first-order valence-electron chi connectivity index (χ1n) is 7.07. The second kappa shape index (κ2) is 6.71. The zero-order chi connectivity index (χ0) is 17.2. The lowest BCUT2D eigenvalue weighted by atomic mass is 10.0. The normalized spacial score (nSPS) is 11.2. The van der Waals surface area contributed by atoms with Gasteiger partial charge in [0.05, 0.1) is 12.7 Å². The van der Waals surface area contributed by atoms with E-state index in [4.69, 9.17) is 9.47 Å². The van der Waals surface area contributed by atoms with Gasteiger partial charge in [0.2, 0.25) is 0 Å². The number of esters is 1. The van der Waals surface area contributed by atoms with E-state index in [0.29, 0.717) is 26.9 Å². The largest absolute Gasteiger partial charge is 0.497 e. The fraction of sp³-hybridized carbons (Fsp3) is 0.278. The van der Waals surface area contributed by atoms with Crippen molar-refractivity contribution in [1.29, 1.82) is 0 Å². The maximum Gasteiger partial charge on any atom is 0.338 e. The van der Waals surface area contributed by atoms with Gasteiger partial charge in [-0.1, -0.05) is 15.9 Å². The summed E-state index contributed by atoms with van der Waals surface area (Å²) in [5.41, 5.74) is 0.680. The van der Waals surface area contributed by atoms with E-state index in [-0.39, 0.29) is 5.82 Å². The molecule has 5 heteroatoms. The van der Waals surface area contributed by atoms with Gasteiger partial charge in [0.1, 0.15) is 17.2 Å². The molecule has 0 aliphatic heterocycles. The van der Waals surface area contributed by atoms with Crippen LogP contribution < -0.4 is 4.74 Å². The summed E-state index contributed by atoms with van der Waals surface area (Å²) >= 11 is 3.36. The van der Waals surface area contributed by atoms with Crippen molar-refractivity contribution in [3.63, 3.8) is 0 Å². The van der Waals surface area contributed by atoms with Crippen LogP contribution in [0, 0.1) is 5.82 Å². The Hall–Kier alpha value is -1.88. The van der Waals surface area contributed by atoms with Gasteiger partial charge in [0.25, 0.3) is 0 Å². The highest BCUT2D eigenvalue weighted by atomic mass is 79.9. The summed E-state index contributed by atoms with van der Waals surface area (Å²) in [5, 5.41) is 0. The number of benzene rings is 2. The van der Waals surface area contributed by atoms with Crippen LogP contribution in [0.15, 0.2) is 40.9 Å². The maximum absolute atomic E-state index is 14.1. The molecule has 2 aromatic carbocycles. The van der Waals surface area contributed by atoms with Gasteiger partial charge in [0, 0.05) is 10.0 Å². The predicted octanol–water partition coefficient (Wildman–Crippen LogP) is 5.22. The quantitative estimate of drug-likeness (QED) is 0.684. The number of methoxy groups -OCH3 is 1. The van der Waals surface area contributed by atoms with Gasteiger partial charge in [0.15, 0.2) is 0 Å². The molecule has 0 saturated carbocycles. The van der Waals surface area contributed by atoms with Gasteiger partial charge in [-0.15, -0.1) is 0 Å². The topological polar surface area (TPSA) is 35.5 Å². The molecule has 3 nitrogen and oxygen atoms in total. The predicted molar refractivity (Wildman–Crippen MR) is 91.3 cm³/mol. The Labute approximate surface area is 143 Å². The molecule has 0 saturated heterocycles. The average Bonchev–Trinajstić information content (AvgIpc) is 2.45. The summed E-state index contributed by atoms with van der Waals surface area (Å²) in [6.45, 7) is 5.39. The number of rotatable bonds is 3. The van der Waals surface area contributed by atoms with Gasteiger partial charge in [-0.05, 0) is 62.7 Å². The number of hydrogen-bond donors (Lipinski definition) is 0. The minimum atomic E-state index is -0.596. The Balaban J connectivity index is 2.47. The van der Waals surface area contributed by atoms with Crippen LogP contribution >= 0.6 is 15.9 Å². The smallest absolute Gasteiger partial charge is 0.338 e. The molecular weight excluding hydrogens is 363 g/mol. The van der Waals surface area contributed by atoms with Crippen molar-refractivity contribution in [3.05, 3.63) is 52.3 Å². The van der Waals surface area contributed by atoms with Gasteiger partial charge in [-0.25, -0.2) is 9.18 Å². The monoisotopic (exact) mass is 380 g/mol. The summed E-state index contributed by atoms with van der Waals surface area (Å²) in [6, 6.07) is 9.47. The molecule has 2 aromatic rings. The average molecular weight is 381 g/mol. The lowest BCUT2D eigenvalue weighted by Crippen LogP contribution is -2.23. The van der Waals surface area contributed by atoms with Crippen LogP contribution in [-0.4, -0.2) is 18.7 Å². The number of halogens is 2. The third kappa shape index (κ3) is 4.55. The van der Waals surface area contributed by atoms with Crippen molar-refractivity contribution in [3.8, 4) is 16.9 Å². The van der Waals surface area contributed by atoms with Gasteiger partial charge >= 0.3 is 5.97 Å². The second-order valence-corrected chi connectivity index (χ2v) is 6.99. The van der Waals surface area contributed by atoms with Crippen LogP contribution in [0.2, 0.25) is 0 Å². The molecule has 0 N–H and O–H groups in total. The zero-order valence-corrected chi connectivity index (χ0v) is 15.0. The molecule has 0 bridgehead atoms. The van der Waals surface area contributed by atoms with Gasteiger partial charge in [-0.2, -0.15) is 0 Å². The molecule has 2 rings (SSSR count). The molecule has 23 heavy (non-hydrogen) atoms. The fourth-order valence-electron chi connectivity index (χ4n) is 2.05. The molecule has 0 aliphatic carbocycles. The van der Waals surface area contributed by atoms with Crippen molar-refractivity contribution >= 4 is 21.9 Å². The van der Waals surface area contributed by atoms with Crippen LogP contribution in [-0.2, 0) is 4.74 Å². The van der Waals surface area contributed by atoms with E-state index < -0.39 is 11.6 Å². The van der Waals surface area contributed by atoms with Crippen LogP contribution in [0.25, 0.3) is 11.1 Å². The standard InChI is InChI=1S/C18H18BrFO3/c1-18(2,3)23-17(21)12-7-11(8-13(19)9-12)15-10-14(22-4)5-6-16(15)20/h5-10H,1-4H3. The molecule has 0 radical (unpaired) electrons. The SMILES string of the molecule is COc1ccc(F)c(-c2cc(Br)cc(C(=O)OC(C)(C)C)c2)c1. The van der Waals surface area contributed by atoms with Crippen molar-refractivity contribution in [2.45, 2.75) is 26.4 Å². The minimum absolute atomic E-state index is 0.353. The van der Waals surface area contributed by atoms with E-state index in [2.05, 4.69) is 15.9 Å². The summed E-state index contributed by atoms with van der Waals surface area (Å²) in [5.74, 6) is -0.303. The Morgan fingerprint density at radius 3 is 2.43 bits per heavy atom. The van der Waals surface area contributed by atoms with E-state index in [1.165, 1.54) is 13.2 Å². The molecule has 0 aliphatic rings. The molecule has 0 amide bonds. The molecular formula is C18H18BrFO3. The van der Waals surface area contributed by atoms with E-state index >= 15 is 0 Å². The first kappa shape index (κ1) is 17.5. The number of carbonyl (C=O) groups is 1. The Morgan fingerprint density at radius 2 is 1.83 bits per heavy atom. The van der Waals surface area contributed by atoms with Crippen LogP contribution in [0.5, 0.6) is 5.75 Å². The second-order valence-electron chi connectivity index (χ2n) is 6.08. The van der Waals surface area contributed by atoms with Crippen molar-refractivity contribution < 1.29 is 18.7 Å². The third-order valence-electron chi connectivity index (χ3n) is 3.02. The molecule has 0 unspecified atom stereocenters. The fourth-order valence-corrected chi connectivity index (χ4v) is 2.55. The van der Waals surface area contributed by atoms with E-state index in [1.807, 2.05) is 0 Å². The van der Waals surface area contributed by atoms with Gasteiger partial charge in [-0.3, -0.25) is 0 Å². The van der Waals surface area contributed by atoms with Crippen molar-refractivity contribution in [2.24, 2.45) is 0 Å². The Bertz CT molecular complexity index is 736. The first-order valence-corrected chi connectivity index (χ1v) is 7.87. The first-order chi connectivity index (χ1) is 10.7. The molecule has 0 spiro atoms. The maximum atomic E-state index is 14.1. The molecule has 122 valence electrons. The summed E-state index contributed by atoms with van der Waals surface area (Å²) in [6.07, 6.45) is 0. The molecule has 0 heterocycles. The van der Waals surface area contributed by atoms with E-state index in [9.17, 15) is 9.18 Å². The molecule has 0 atom stereocenters. The molecule has 0 fully saturated rings. The molecule has 0 aromatic heterocycles. The highest BCUT2D eigenvalue weighted by Crippen LogP contribution is 2.30. The van der Waals surface area contributed by atoms with Crippen molar-refractivity contribution in [1.82, 2.24) is 0 Å². The summed E-state index contributed by atoms with van der Waals surface area (Å²) in [7, 11) is 1.52. The number of carbonyl (C=O) groups excluding carboxylic acids is 1. The Kier molecular flexibility index (Phi) is 5.09. The van der Waals surface area contributed by atoms with Crippen LogP contribution in [0.1, 0.15) is 31.1 Å². The minimum Gasteiger partial charge on any atom is -0.497 e. The van der Waals surface area contributed by atoms with Gasteiger partial charge < -0.3 is 9.47 Å². The highest BCUT2D eigenvalue weighted by Gasteiger charge is 2.19. The van der Waals surface area contributed by atoms with E-state index in [1.54, 1.807) is 51.1 Å². The lowest BCUT2D eigenvalue weighted by molar-refractivity contribution is 0.00695. The van der Waals surface area contributed by atoms with E-state index in [0.717, 1.165) is 0 Å². The van der Waals surface area contributed by atoms with Crippen LogP contribution in [0.4, 0.5) is 4.39 Å². The lowest BCUT2D eigenvalue weighted by Gasteiger charge is -2.20. The van der Waals surface area contributed by atoms with Crippen molar-refractivity contribution in [2.75, 3.05) is 7.11 Å². The van der Waals surface area contributed by atoms with Crippen LogP contribution in [0.3, 0.4) is 0 Å².